The molecule has 29 heavy (non-hydrogen) atoms. The van der Waals surface area contributed by atoms with Crippen molar-refractivity contribution in [3.63, 3.8) is 0 Å². The lowest BCUT2D eigenvalue weighted by Crippen LogP contribution is -2.22. The number of ether oxygens (including phenoxy) is 4. The number of methoxy groups -OCH3 is 4. The molecule has 0 radical (unpaired) electrons. The van der Waals surface area contributed by atoms with E-state index >= 15 is 0 Å². The molecule has 0 fully saturated rings. The molecular weight excluding hydrogens is 396 g/mol. The third-order valence-corrected chi connectivity index (χ3v) is 5.27. The van der Waals surface area contributed by atoms with Gasteiger partial charge in [-0.25, -0.2) is 0 Å². The fourth-order valence-electron chi connectivity index (χ4n) is 2.81. The first-order chi connectivity index (χ1) is 14.0. The number of hydrogen-bond acceptors (Lipinski definition) is 7. The van der Waals surface area contributed by atoms with E-state index in [1.54, 1.807) is 35.9 Å². The minimum absolute atomic E-state index is 0.102. The maximum Gasteiger partial charge on any atom is 0.325 e. The zero-order valence-corrected chi connectivity index (χ0v) is 17.2. The van der Waals surface area contributed by atoms with Gasteiger partial charge in [0, 0.05) is 5.56 Å². The normalized spacial score (nSPS) is 11.4. The summed E-state index contributed by atoms with van der Waals surface area (Å²) in [6.45, 7) is -0.102. The van der Waals surface area contributed by atoms with Crippen LogP contribution in [-0.4, -0.2) is 44.9 Å². The number of thiazole rings is 1. The van der Waals surface area contributed by atoms with Crippen molar-refractivity contribution in [2.75, 3.05) is 28.4 Å². The molecule has 3 aromatic rings. The molecule has 8 nitrogen and oxygen atoms in total. The zero-order chi connectivity index (χ0) is 21.0. The van der Waals surface area contributed by atoms with Gasteiger partial charge in [0.15, 0.2) is 16.3 Å². The fourth-order valence-corrected chi connectivity index (χ4v) is 3.85. The summed E-state index contributed by atoms with van der Waals surface area (Å²) in [6, 6.07) is 10.3. The van der Waals surface area contributed by atoms with Crippen LogP contribution in [0.5, 0.6) is 17.2 Å². The quantitative estimate of drug-likeness (QED) is 0.574. The van der Waals surface area contributed by atoms with Gasteiger partial charge in [-0.05, 0) is 30.3 Å². The molecular formula is C20H20N2O6S. The summed E-state index contributed by atoms with van der Waals surface area (Å²) in [5.41, 5.74) is 1.00. The predicted octanol–water partition coefficient (Wildman–Crippen LogP) is 2.64. The largest absolute Gasteiger partial charge is 0.495 e. The standard InChI is InChI=1S/C20H20N2O6S/c1-25-13-9-8-12(10-15(13)27-3)19(24)21-20-22(11-17(23)28-4)18-14(26-2)6-5-7-16(18)29-20/h5-10H,11H2,1-4H3. The fraction of sp³-hybridized carbons (Fsp3) is 0.250. The van der Waals surface area contributed by atoms with Crippen molar-refractivity contribution in [3.8, 4) is 17.2 Å². The van der Waals surface area contributed by atoms with Crippen molar-refractivity contribution in [1.82, 2.24) is 4.57 Å². The van der Waals surface area contributed by atoms with Crippen molar-refractivity contribution >= 4 is 33.4 Å². The molecule has 0 N–H and O–H groups in total. The summed E-state index contributed by atoms with van der Waals surface area (Å²) < 4.78 is 23.1. The van der Waals surface area contributed by atoms with E-state index in [-0.39, 0.29) is 6.54 Å². The summed E-state index contributed by atoms with van der Waals surface area (Å²) in [5, 5.41) is 0. The summed E-state index contributed by atoms with van der Waals surface area (Å²) >= 11 is 1.28. The van der Waals surface area contributed by atoms with Crippen LogP contribution in [-0.2, 0) is 16.1 Å². The molecule has 2 aromatic carbocycles. The summed E-state index contributed by atoms with van der Waals surface area (Å²) in [7, 11) is 5.86. The van der Waals surface area contributed by atoms with Crippen LogP contribution < -0.4 is 19.0 Å². The van der Waals surface area contributed by atoms with Gasteiger partial charge >= 0.3 is 5.97 Å². The minimum atomic E-state index is -0.477. The SMILES string of the molecule is COC(=O)Cn1c(=NC(=O)c2ccc(OC)c(OC)c2)sc2cccc(OC)c21. The lowest BCUT2D eigenvalue weighted by molar-refractivity contribution is -0.141. The van der Waals surface area contributed by atoms with E-state index in [4.69, 9.17) is 18.9 Å². The van der Waals surface area contributed by atoms with Crippen LogP contribution in [0.25, 0.3) is 10.2 Å². The highest BCUT2D eigenvalue weighted by atomic mass is 32.1. The Morgan fingerprint density at radius 3 is 2.34 bits per heavy atom. The number of rotatable bonds is 6. The molecule has 0 aliphatic rings. The van der Waals surface area contributed by atoms with Gasteiger partial charge in [-0.3, -0.25) is 9.59 Å². The van der Waals surface area contributed by atoms with Gasteiger partial charge in [0.05, 0.1) is 33.1 Å². The van der Waals surface area contributed by atoms with Crippen LogP contribution in [0.3, 0.4) is 0 Å². The minimum Gasteiger partial charge on any atom is -0.495 e. The summed E-state index contributed by atoms with van der Waals surface area (Å²) in [4.78, 5) is 29.4. The maximum absolute atomic E-state index is 12.8. The van der Waals surface area contributed by atoms with E-state index in [2.05, 4.69) is 4.99 Å². The lowest BCUT2D eigenvalue weighted by atomic mass is 10.2. The Labute approximate surface area is 170 Å². The highest BCUT2D eigenvalue weighted by molar-refractivity contribution is 7.16. The highest BCUT2D eigenvalue weighted by Crippen LogP contribution is 2.29. The second-order valence-corrected chi connectivity index (χ2v) is 6.85. The molecule has 1 aromatic heterocycles. The molecule has 0 unspecified atom stereocenters. The third-order valence-electron chi connectivity index (χ3n) is 4.23. The first-order valence-electron chi connectivity index (χ1n) is 8.56. The zero-order valence-electron chi connectivity index (χ0n) is 16.4. The van der Waals surface area contributed by atoms with Gasteiger partial charge in [-0.1, -0.05) is 17.4 Å². The average molecular weight is 416 g/mol. The van der Waals surface area contributed by atoms with E-state index in [1.807, 2.05) is 12.1 Å². The molecule has 3 rings (SSSR count). The van der Waals surface area contributed by atoms with E-state index in [1.165, 1.54) is 32.7 Å². The van der Waals surface area contributed by atoms with Gasteiger partial charge in [-0.15, -0.1) is 0 Å². The van der Waals surface area contributed by atoms with Crippen LogP contribution in [0.1, 0.15) is 10.4 Å². The third kappa shape index (κ3) is 4.09. The molecule has 152 valence electrons. The van der Waals surface area contributed by atoms with Crippen molar-refractivity contribution in [2.45, 2.75) is 6.54 Å². The Morgan fingerprint density at radius 2 is 1.69 bits per heavy atom. The number of para-hydroxylation sites is 1. The first kappa shape index (κ1) is 20.4. The molecule has 0 bridgehead atoms. The smallest absolute Gasteiger partial charge is 0.325 e. The van der Waals surface area contributed by atoms with Crippen molar-refractivity contribution in [1.29, 1.82) is 0 Å². The predicted molar refractivity (Wildman–Crippen MR) is 108 cm³/mol. The second kappa shape index (κ2) is 8.78. The van der Waals surface area contributed by atoms with Gasteiger partial charge in [-0.2, -0.15) is 4.99 Å². The molecule has 0 saturated heterocycles. The van der Waals surface area contributed by atoms with Crippen LogP contribution in [0.4, 0.5) is 0 Å². The number of benzene rings is 2. The molecule has 9 heteroatoms. The van der Waals surface area contributed by atoms with Crippen molar-refractivity contribution < 1.29 is 28.5 Å². The first-order valence-corrected chi connectivity index (χ1v) is 9.38. The Morgan fingerprint density at radius 1 is 0.966 bits per heavy atom. The molecule has 0 saturated carbocycles. The number of fused-ring (bicyclic) bond motifs is 1. The number of carbonyl (C=O) groups excluding carboxylic acids is 2. The Bertz CT molecular complexity index is 1130. The molecule has 1 heterocycles. The van der Waals surface area contributed by atoms with Crippen LogP contribution in [0.15, 0.2) is 41.4 Å². The Kier molecular flexibility index (Phi) is 6.18. The highest BCUT2D eigenvalue weighted by Gasteiger charge is 2.16. The van der Waals surface area contributed by atoms with Crippen LogP contribution in [0.2, 0.25) is 0 Å². The number of hydrogen-bond donors (Lipinski definition) is 0. The van der Waals surface area contributed by atoms with E-state index in [9.17, 15) is 9.59 Å². The van der Waals surface area contributed by atoms with Crippen LogP contribution >= 0.6 is 11.3 Å². The van der Waals surface area contributed by atoms with E-state index in [0.717, 1.165) is 4.70 Å². The summed E-state index contributed by atoms with van der Waals surface area (Å²) in [5.74, 6) is 0.568. The second-order valence-electron chi connectivity index (χ2n) is 5.84. The molecule has 1 amide bonds. The monoisotopic (exact) mass is 416 g/mol. The van der Waals surface area contributed by atoms with Crippen molar-refractivity contribution in [2.24, 2.45) is 4.99 Å². The number of amides is 1. The maximum atomic E-state index is 12.8. The molecule has 0 spiro atoms. The number of esters is 1. The molecule has 0 atom stereocenters. The number of carbonyl (C=O) groups is 2. The Hall–Kier alpha value is -3.33. The average Bonchev–Trinajstić information content (AvgIpc) is 3.09. The van der Waals surface area contributed by atoms with E-state index in [0.29, 0.717) is 33.1 Å². The van der Waals surface area contributed by atoms with Gasteiger partial charge in [0.1, 0.15) is 17.8 Å². The number of aromatic nitrogens is 1. The number of nitrogens with zero attached hydrogens (tertiary/aromatic N) is 2. The van der Waals surface area contributed by atoms with E-state index < -0.39 is 11.9 Å². The molecule has 0 aliphatic carbocycles. The summed E-state index contributed by atoms with van der Waals surface area (Å²) in [6.07, 6.45) is 0. The lowest BCUT2D eigenvalue weighted by Gasteiger charge is -2.08. The molecule has 0 aliphatic heterocycles. The van der Waals surface area contributed by atoms with Gasteiger partial charge in [0.25, 0.3) is 5.91 Å². The topological polar surface area (TPSA) is 88.4 Å². The van der Waals surface area contributed by atoms with Crippen molar-refractivity contribution in [3.05, 3.63) is 46.8 Å². The Balaban J connectivity index is 2.15. The van der Waals surface area contributed by atoms with Crippen LogP contribution in [0, 0.1) is 0 Å². The van der Waals surface area contributed by atoms with Gasteiger partial charge < -0.3 is 23.5 Å². The van der Waals surface area contributed by atoms with Gasteiger partial charge in [0.2, 0.25) is 0 Å².